The molecule has 0 amide bonds. The van der Waals surface area contributed by atoms with Crippen molar-refractivity contribution in [3.63, 3.8) is 0 Å². The van der Waals surface area contributed by atoms with Gasteiger partial charge in [-0.3, -0.25) is 4.98 Å². The van der Waals surface area contributed by atoms with E-state index >= 15 is 0 Å². The summed E-state index contributed by atoms with van der Waals surface area (Å²) in [5.74, 6) is 0. The molecular weight excluding hydrogens is 262 g/mol. The summed E-state index contributed by atoms with van der Waals surface area (Å²) in [4.78, 5) is 4.66. The van der Waals surface area contributed by atoms with E-state index < -0.39 is 0 Å². The van der Waals surface area contributed by atoms with E-state index in [9.17, 15) is 0 Å². The van der Waals surface area contributed by atoms with Gasteiger partial charge < -0.3 is 5.32 Å². The zero-order valence-corrected chi connectivity index (χ0v) is 12.8. The van der Waals surface area contributed by atoms with Gasteiger partial charge in [-0.25, -0.2) is 4.68 Å². The van der Waals surface area contributed by atoms with E-state index in [1.54, 1.807) is 0 Å². The van der Waals surface area contributed by atoms with Crippen LogP contribution in [0, 0.1) is 13.8 Å². The van der Waals surface area contributed by atoms with Crippen LogP contribution in [0.3, 0.4) is 0 Å². The van der Waals surface area contributed by atoms with Gasteiger partial charge >= 0.3 is 0 Å². The molecule has 0 fully saturated rings. The first kappa shape index (κ1) is 13.7. The Morgan fingerprint density at radius 3 is 2.71 bits per heavy atom. The summed E-state index contributed by atoms with van der Waals surface area (Å²) in [6, 6.07) is 10.4. The van der Waals surface area contributed by atoms with Crippen LogP contribution in [0.15, 0.2) is 30.3 Å². The molecule has 2 aromatic heterocycles. The Kier molecular flexibility index (Phi) is 3.43. The molecule has 3 aromatic rings. The van der Waals surface area contributed by atoms with Gasteiger partial charge in [0, 0.05) is 11.1 Å². The van der Waals surface area contributed by atoms with Gasteiger partial charge in [0.05, 0.1) is 22.9 Å². The van der Waals surface area contributed by atoms with Gasteiger partial charge in [-0.2, -0.15) is 0 Å². The first-order chi connectivity index (χ1) is 10.1. The SMILES string of the molecule is CNC(C)c1nnn(-c2cccc3ccc(C)nc23)c1C. The maximum atomic E-state index is 4.66. The quantitative estimate of drug-likeness (QED) is 0.802. The molecule has 3 rings (SSSR count). The van der Waals surface area contributed by atoms with Crippen molar-refractivity contribution in [1.29, 1.82) is 0 Å². The fourth-order valence-corrected chi connectivity index (χ4v) is 2.51. The van der Waals surface area contributed by atoms with E-state index in [1.807, 2.05) is 43.8 Å². The van der Waals surface area contributed by atoms with E-state index in [-0.39, 0.29) is 6.04 Å². The van der Waals surface area contributed by atoms with E-state index in [1.165, 1.54) is 0 Å². The lowest BCUT2D eigenvalue weighted by atomic mass is 10.1. The van der Waals surface area contributed by atoms with E-state index in [4.69, 9.17) is 0 Å². The largest absolute Gasteiger partial charge is 0.312 e. The van der Waals surface area contributed by atoms with Gasteiger partial charge in [0.1, 0.15) is 5.69 Å². The van der Waals surface area contributed by atoms with Crippen LogP contribution in [0.1, 0.15) is 30.0 Å². The molecule has 21 heavy (non-hydrogen) atoms. The van der Waals surface area contributed by atoms with Gasteiger partial charge in [0.25, 0.3) is 0 Å². The van der Waals surface area contributed by atoms with Crippen LogP contribution in [0.25, 0.3) is 16.6 Å². The molecule has 0 saturated carbocycles. The highest BCUT2D eigenvalue weighted by Crippen LogP contribution is 2.23. The Morgan fingerprint density at radius 1 is 1.14 bits per heavy atom. The molecule has 2 heterocycles. The molecule has 108 valence electrons. The lowest BCUT2D eigenvalue weighted by Crippen LogP contribution is -2.14. The van der Waals surface area contributed by atoms with Crippen molar-refractivity contribution in [1.82, 2.24) is 25.3 Å². The van der Waals surface area contributed by atoms with Crippen molar-refractivity contribution in [2.45, 2.75) is 26.8 Å². The fraction of sp³-hybridized carbons (Fsp3) is 0.312. The third-order valence-corrected chi connectivity index (χ3v) is 3.84. The maximum absolute atomic E-state index is 4.66. The molecule has 0 aliphatic heterocycles. The monoisotopic (exact) mass is 281 g/mol. The van der Waals surface area contributed by atoms with Gasteiger partial charge in [-0.15, -0.1) is 5.10 Å². The molecule has 1 aromatic carbocycles. The average Bonchev–Trinajstić information content (AvgIpc) is 2.87. The molecule has 1 N–H and O–H groups in total. The highest BCUT2D eigenvalue weighted by Gasteiger charge is 2.16. The minimum Gasteiger partial charge on any atom is -0.312 e. The summed E-state index contributed by atoms with van der Waals surface area (Å²) in [5.41, 5.74) is 4.91. The number of rotatable bonds is 3. The first-order valence-corrected chi connectivity index (χ1v) is 7.08. The summed E-state index contributed by atoms with van der Waals surface area (Å²) in [6.07, 6.45) is 0. The number of aromatic nitrogens is 4. The molecule has 0 radical (unpaired) electrons. The topological polar surface area (TPSA) is 55.6 Å². The van der Waals surface area contributed by atoms with E-state index in [2.05, 4.69) is 39.7 Å². The Labute approximate surface area is 124 Å². The Hall–Kier alpha value is -2.27. The number of nitrogens with zero attached hydrogens (tertiary/aromatic N) is 4. The number of hydrogen-bond acceptors (Lipinski definition) is 4. The second-order valence-corrected chi connectivity index (χ2v) is 5.28. The molecule has 5 nitrogen and oxygen atoms in total. The van der Waals surface area contributed by atoms with Crippen LogP contribution in [-0.4, -0.2) is 27.0 Å². The minimum atomic E-state index is 0.170. The molecule has 0 spiro atoms. The summed E-state index contributed by atoms with van der Waals surface area (Å²) in [6.45, 7) is 6.11. The predicted octanol–water partition coefficient (Wildman–Crippen LogP) is 2.71. The molecule has 0 bridgehead atoms. The third-order valence-electron chi connectivity index (χ3n) is 3.84. The normalized spacial score (nSPS) is 12.8. The van der Waals surface area contributed by atoms with Crippen LogP contribution < -0.4 is 5.32 Å². The molecule has 1 unspecified atom stereocenters. The van der Waals surface area contributed by atoms with Crippen molar-refractivity contribution < 1.29 is 0 Å². The fourth-order valence-electron chi connectivity index (χ4n) is 2.51. The van der Waals surface area contributed by atoms with Crippen molar-refractivity contribution >= 4 is 10.9 Å². The number of nitrogens with one attached hydrogen (secondary N) is 1. The van der Waals surface area contributed by atoms with Crippen molar-refractivity contribution in [3.8, 4) is 5.69 Å². The highest BCUT2D eigenvalue weighted by molar-refractivity contribution is 5.86. The lowest BCUT2D eigenvalue weighted by molar-refractivity contribution is 0.627. The van der Waals surface area contributed by atoms with Crippen LogP contribution in [0.2, 0.25) is 0 Å². The standard InChI is InChI=1S/C16H19N5/c1-10-8-9-13-6-5-7-14(16(13)18-10)21-12(3)15(19-20-21)11(2)17-4/h5-9,11,17H,1-4H3. The first-order valence-electron chi connectivity index (χ1n) is 7.08. The summed E-state index contributed by atoms with van der Waals surface area (Å²) in [5, 5.41) is 12.9. The second-order valence-electron chi connectivity index (χ2n) is 5.28. The third kappa shape index (κ3) is 2.29. The van der Waals surface area contributed by atoms with Gasteiger partial charge in [0.2, 0.25) is 0 Å². The highest BCUT2D eigenvalue weighted by atomic mass is 15.4. The van der Waals surface area contributed by atoms with Gasteiger partial charge in [0.15, 0.2) is 0 Å². The zero-order valence-electron chi connectivity index (χ0n) is 12.8. The van der Waals surface area contributed by atoms with E-state index in [0.717, 1.165) is 33.7 Å². The molecule has 0 saturated heterocycles. The van der Waals surface area contributed by atoms with Crippen LogP contribution >= 0.6 is 0 Å². The molecule has 0 aliphatic carbocycles. The van der Waals surface area contributed by atoms with E-state index in [0.29, 0.717) is 0 Å². The Morgan fingerprint density at radius 2 is 1.95 bits per heavy atom. The molecular formula is C16H19N5. The molecule has 0 aliphatic rings. The number of pyridine rings is 1. The average molecular weight is 281 g/mol. The zero-order chi connectivity index (χ0) is 15.0. The van der Waals surface area contributed by atoms with Gasteiger partial charge in [-0.1, -0.05) is 23.4 Å². The maximum Gasteiger partial charge on any atom is 0.103 e. The van der Waals surface area contributed by atoms with Gasteiger partial charge in [-0.05, 0) is 40.0 Å². The number of benzene rings is 1. The van der Waals surface area contributed by atoms with Crippen LogP contribution in [0.4, 0.5) is 0 Å². The molecule has 5 heteroatoms. The smallest absolute Gasteiger partial charge is 0.103 e. The van der Waals surface area contributed by atoms with Crippen molar-refractivity contribution in [2.75, 3.05) is 7.05 Å². The number of fused-ring (bicyclic) bond motifs is 1. The predicted molar refractivity (Wildman–Crippen MR) is 83.6 cm³/mol. The van der Waals surface area contributed by atoms with Crippen LogP contribution in [0.5, 0.6) is 0 Å². The van der Waals surface area contributed by atoms with Crippen LogP contribution in [-0.2, 0) is 0 Å². The lowest BCUT2D eigenvalue weighted by Gasteiger charge is -2.10. The number of para-hydroxylation sites is 1. The Bertz CT molecular complexity index is 790. The minimum absolute atomic E-state index is 0.170. The Balaban J connectivity index is 2.21. The van der Waals surface area contributed by atoms with Crippen molar-refractivity contribution in [2.24, 2.45) is 0 Å². The summed E-state index contributed by atoms with van der Waals surface area (Å²) < 4.78 is 1.87. The van der Waals surface area contributed by atoms with Crippen molar-refractivity contribution in [3.05, 3.63) is 47.4 Å². The summed E-state index contributed by atoms with van der Waals surface area (Å²) in [7, 11) is 1.92. The number of hydrogen-bond donors (Lipinski definition) is 1. The summed E-state index contributed by atoms with van der Waals surface area (Å²) >= 11 is 0. The molecule has 1 atom stereocenters. The number of aryl methyl sites for hydroxylation is 1. The second kappa shape index (κ2) is 5.26.